The SMILES string of the molecule is CC1CCC(c2ccc(-c3cc(N)c(O)c(P)c3)cc2)CC1. The Balaban J connectivity index is 1.82. The van der Waals surface area contributed by atoms with Gasteiger partial charge in [0.1, 0.15) is 5.75 Å². The fourth-order valence-corrected chi connectivity index (χ4v) is 3.73. The zero-order valence-corrected chi connectivity index (χ0v) is 14.2. The number of phenols is 1. The molecular weight excluding hydrogens is 289 g/mol. The highest BCUT2D eigenvalue weighted by atomic mass is 31.0. The van der Waals surface area contributed by atoms with Gasteiger partial charge >= 0.3 is 0 Å². The lowest BCUT2D eigenvalue weighted by Gasteiger charge is -2.26. The zero-order chi connectivity index (χ0) is 15.7. The fraction of sp³-hybridized carbons (Fsp3) is 0.368. The number of anilines is 1. The molecule has 1 aliphatic carbocycles. The quantitative estimate of drug-likeness (QED) is 0.489. The number of phenolic OH excluding ortho intramolecular Hbond substituents is 1. The molecule has 2 aromatic carbocycles. The van der Waals surface area contributed by atoms with Crippen LogP contribution in [-0.2, 0) is 0 Å². The van der Waals surface area contributed by atoms with Crippen molar-refractivity contribution in [1.29, 1.82) is 0 Å². The molecule has 116 valence electrons. The molecule has 0 spiro atoms. The second-order valence-electron chi connectivity index (χ2n) is 6.58. The van der Waals surface area contributed by atoms with Crippen LogP contribution in [0.2, 0.25) is 0 Å². The van der Waals surface area contributed by atoms with Crippen LogP contribution < -0.4 is 11.0 Å². The molecule has 0 amide bonds. The van der Waals surface area contributed by atoms with Crippen molar-refractivity contribution in [2.75, 3.05) is 5.73 Å². The largest absolute Gasteiger partial charge is 0.505 e. The Bertz CT molecular complexity index is 635. The predicted molar refractivity (Wildman–Crippen MR) is 97.7 cm³/mol. The Morgan fingerprint density at radius 1 is 1.00 bits per heavy atom. The normalized spacial score (nSPS) is 21.7. The van der Waals surface area contributed by atoms with E-state index < -0.39 is 0 Å². The molecule has 1 aliphatic rings. The van der Waals surface area contributed by atoms with Crippen LogP contribution in [0.4, 0.5) is 5.69 Å². The molecule has 1 saturated carbocycles. The van der Waals surface area contributed by atoms with Gasteiger partial charge in [0.25, 0.3) is 0 Å². The van der Waals surface area contributed by atoms with Crippen molar-refractivity contribution in [3.05, 3.63) is 42.0 Å². The van der Waals surface area contributed by atoms with Gasteiger partial charge in [-0.25, -0.2) is 0 Å². The first-order chi connectivity index (χ1) is 10.5. The van der Waals surface area contributed by atoms with Crippen LogP contribution in [0.1, 0.15) is 44.1 Å². The molecule has 3 rings (SSSR count). The Morgan fingerprint density at radius 3 is 2.23 bits per heavy atom. The van der Waals surface area contributed by atoms with Crippen LogP contribution >= 0.6 is 9.24 Å². The molecule has 3 heteroatoms. The first-order valence-electron chi connectivity index (χ1n) is 8.03. The van der Waals surface area contributed by atoms with Crippen LogP contribution in [0.15, 0.2) is 36.4 Å². The van der Waals surface area contributed by atoms with Crippen molar-refractivity contribution < 1.29 is 5.11 Å². The van der Waals surface area contributed by atoms with Gasteiger partial charge in [0.2, 0.25) is 0 Å². The van der Waals surface area contributed by atoms with Crippen molar-refractivity contribution in [3.8, 4) is 16.9 Å². The number of hydrogen-bond donors (Lipinski definition) is 2. The Hall–Kier alpha value is -1.53. The molecule has 1 unspecified atom stereocenters. The van der Waals surface area contributed by atoms with Crippen LogP contribution in [0.25, 0.3) is 11.1 Å². The summed E-state index contributed by atoms with van der Waals surface area (Å²) in [5.74, 6) is 1.75. The van der Waals surface area contributed by atoms with E-state index in [1.54, 1.807) is 0 Å². The average Bonchev–Trinajstić information content (AvgIpc) is 2.53. The number of hydrogen-bond acceptors (Lipinski definition) is 2. The minimum atomic E-state index is 0.154. The van der Waals surface area contributed by atoms with E-state index in [9.17, 15) is 5.11 Å². The highest BCUT2D eigenvalue weighted by Gasteiger charge is 2.19. The lowest BCUT2D eigenvalue weighted by Crippen LogP contribution is -2.10. The molecule has 2 aromatic rings. The van der Waals surface area contributed by atoms with Crippen LogP contribution in [-0.4, -0.2) is 5.11 Å². The number of nitrogen functional groups attached to an aromatic ring is 1. The molecule has 0 aliphatic heterocycles. The summed E-state index contributed by atoms with van der Waals surface area (Å²) in [5.41, 5.74) is 9.92. The third kappa shape index (κ3) is 3.13. The van der Waals surface area contributed by atoms with Gasteiger partial charge in [0.05, 0.1) is 5.69 Å². The molecule has 22 heavy (non-hydrogen) atoms. The molecule has 1 atom stereocenters. The van der Waals surface area contributed by atoms with Crippen LogP contribution in [0, 0.1) is 5.92 Å². The minimum absolute atomic E-state index is 0.154. The lowest BCUT2D eigenvalue weighted by molar-refractivity contribution is 0.348. The smallest absolute Gasteiger partial charge is 0.145 e. The summed E-state index contributed by atoms with van der Waals surface area (Å²) >= 11 is 0. The second-order valence-corrected chi connectivity index (χ2v) is 7.20. The Morgan fingerprint density at radius 2 is 1.64 bits per heavy atom. The van der Waals surface area contributed by atoms with Crippen molar-refractivity contribution in [2.24, 2.45) is 5.92 Å². The number of rotatable bonds is 2. The summed E-state index contributed by atoms with van der Waals surface area (Å²) in [5, 5.41) is 10.5. The van der Waals surface area contributed by atoms with E-state index in [4.69, 9.17) is 5.73 Å². The fourth-order valence-electron chi connectivity index (χ4n) is 3.39. The Labute approximate surface area is 135 Å². The first-order valence-corrected chi connectivity index (χ1v) is 8.60. The zero-order valence-electron chi connectivity index (χ0n) is 13.0. The average molecular weight is 313 g/mol. The van der Waals surface area contributed by atoms with E-state index in [0.717, 1.165) is 22.3 Å². The number of aromatic hydroxyl groups is 1. The summed E-state index contributed by atoms with van der Waals surface area (Å²) in [6.45, 7) is 2.36. The van der Waals surface area contributed by atoms with Crippen LogP contribution in [0.5, 0.6) is 5.75 Å². The highest BCUT2D eigenvalue weighted by molar-refractivity contribution is 7.27. The van der Waals surface area contributed by atoms with Gasteiger partial charge in [-0.2, -0.15) is 0 Å². The summed E-state index contributed by atoms with van der Waals surface area (Å²) in [6, 6.07) is 12.6. The van der Waals surface area contributed by atoms with E-state index in [-0.39, 0.29) is 5.75 Å². The molecule has 0 heterocycles. The molecule has 1 fully saturated rings. The monoisotopic (exact) mass is 313 g/mol. The summed E-state index contributed by atoms with van der Waals surface area (Å²) in [6.07, 6.45) is 5.31. The third-order valence-corrected chi connectivity index (χ3v) is 5.34. The maximum absolute atomic E-state index is 9.77. The van der Waals surface area contributed by atoms with E-state index in [1.807, 2.05) is 12.1 Å². The van der Waals surface area contributed by atoms with E-state index in [2.05, 4.69) is 40.4 Å². The topological polar surface area (TPSA) is 46.2 Å². The highest BCUT2D eigenvalue weighted by Crippen LogP contribution is 2.36. The summed E-state index contributed by atoms with van der Waals surface area (Å²) in [7, 11) is 2.53. The lowest BCUT2D eigenvalue weighted by atomic mass is 9.79. The van der Waals surface area contributed by atoms with Crippen molar-refractivity contribution in [3.63, 3.8) is 0 Å². The van der Waals surface area contributed by atoms with Gasteiger partial charge in [-0.15, -0.1) is 9.24 Å². The van der Waals surface area contributed by atoms with E-state index >= 15 is 0 Å². The molecular formula is C19H24NOP. The molecule has 0 bridgehead atoms. The van der Waals surface area contributed by atoms with Gasteiger partial charge < -0.3 is 10.8 Å². The summed E-state index contributed by atoms with van der Waals surface area (Å²) in [4.78, 5) is 0. The maximum atomic E-state index is 9.77. The predicted octanol–water partition coefficient (Wildman–Crippen LogP) is 4.44. The molecule has 0 aromatic heterocycles. The maximum Gasteiger partial charge on any atom is 0.145 e. The Kier molecular flexibility index (Phi) is 4.40. The second kappa shape index (κ2) is 6.30. The van der Waals surface area contributed by atoms with E-state index in [1.165, 1.54) is 31.2 Å². The molecule has 0 radical (unpaired) electrons. The van der Waals surface area contributed by atoms with Crippen molar-refractivity contribution in [1.82, 2.24) is 0 Å². The molecule has 2 nitrogen and oxygen atoms in total. The standard InChI is InChI=1S/C19H24NOP/c1-12-2-4-13(5-3-12)14-6-8-15(9-7-14)16-10-17(20)19(21)18(22)11-16/h6-13,21H,2-5,20,22H2,1H3. The summed E-state index contributed by atoms with van der Waals surface area (Å²) < 4.78 is 0. The van der Waals surface area contributed by atoms with Gasteiger partial charge in [-0.05, 0) is 53.5 Å². The van der Waals surface area contributed by atoms with Crippen molar-refractivity contribution in [2.45, 2.75) is 38.5 Å². The minimum Gasteiger partial charge on any atom is -0.505 e. The van der Waals surface area contributed by atoms with Gasteiger partial charge in [-0.3, -0.25) is 0 Å². The third-order valence-electron chi connectivity index (χ3n) is 4.90. The van der Waals surface area contributed by atoms with Crippen molar-refractivity contribution >= 4 is 20.2 Å². The first kappa shape index (κ1) is 15.4. The van der Waals surface area contributed by atoms with E-state index in [0.29, 0.717) is 11.6 Å². The van der Waals surface area contributed by atoms with Gasteiger partial charge in [-0.1, -0.05) is 44.0 Å². The molecule has 0 saturated heterocycles. The number of benzene rings is 2. The number of nitrogens with two attached hydrogens (primary N) is 1. The van der Waals surface area contributed by atoms with Gasteiger partial charge in [0.15, 0.2) is 0 Å². The van der Waals surface area contributed by atoms with Crippen LogP contribution in [0.3, 0.4) is 0 Å². The van der Waals surface area contributed by atoms with Gasteiger partial charge in [0, 0.05) is 5.30 Å². The molecule has 3 N–H and O–H groups in total.